The highest BCUT2D eigenvalue weighted by atomic mass is 19.4. The number of nitrogens with zero attached hydrogens (tertiary/aromatic N) is 3. The molecule has 0 saturated carbocycles. The summed E-state index contributed by atoms with van der Waals surface area (Å²) in [5.74, 6) is -1.35. The van der Waals surface area contributed by atoms with Crippen LogP contribution in [-0.4, -0.2) is 29.1 Å². The van der Waals surface area contributed by atoms with Gasteiger partial charge in [0.25, 0.3) is 0 Å². The molecule has 1 aromatic heterocycles. The Labute approximate surface area is 118 Å². The van der Waals surface area contributed by atoms with Gasteiger partial charge < -0.3 is 10.0 Å². The number of rotatable bonds is 2. The monoisotopic (exact) mass is 299 g/mol. The minimum absolute atomic E-state index is 0.255. The number of halogens is 3. The highest BCUT2D eigenvalue weighted by Gasteiger charge is 2.35. The molecule has 0 spiro atoms. The van der Waals surface area contributed by atoms with E-state index in [0.29, 0.717) is 25.9 Å². The average molecular weight is 299 g/mol. The molecular weight excluding hydrogens is 287 g/mol. The molecule has 1 aliphatic rings. The molecule has 1 fully saturated rings. The summed E-state index contributed by atoms with van der Waals surface area (Å²) < 4.78 is 38.6. The van der Waals surface area contributed by atoms with Crippen molar-refractivity contribution in [2.45, 2.75) is 19.0 Å². The number of aromatic nitrogens is 1. The second-order valence-corrected chi connectivity index (χ2v) is 4.80. The van der Waals surface area contributed by atoms with Crippen molar-refractivity contribution in [2.75, 3.05) is 18.0 Å². The van der Waals surface area contributed by atoms with Gasteiger partial charge in [0.2, 0.25) is 0 Å². The fourth-order valence-electron chi connectivity index (χ4n) is 2.32. The molecule has 21 heavy (non-hydrogen) atoms. The van der Waals surface area contributed by atoms with Gasteiger partial charge >= 0.3 is 12.1 Å². The smallest absolute Gasteiger partial charge is 0.419 e. The molecule has 0 bridgehead atoms. The average Bonchev–Trinajstić information content (AvgIpc) is 2.45. The van der Waals surface area contributed by atoms with E-state index in [1.165, 1.54) is 12.3 Å². The lowest BCUT2D eigenvalue weighted by Crippen LogP contribution is -2.36. The normalized spacial score (nSPS) is 16.6. The number of piperidine rings is 1. The van der Waals surface area contributed by atoms with Crippen molar-refractivity contribution < 1.29 is 23.1 Å². The topological polar surface area (TPSA) is 77.2 Å². The number of carboxylic acids is 1. The first kappa shape index (κ1) is 15.1. The number of anilines is 1. The van der Waals surface area contributed by atoms with Crippen LogP contribution in [0.15, 0.2) is 12.3 Å². The largest absolute Gasteiger partial charge is 0.481 e. The summed E-state index contributed by atoms with van der Waals surface area (Å²) in [6, 6.07) is 2.32. The molecule has 0 aliphatic carbocycles. The molecule has 1 aliphatic heterocycles. The molecule has 8 heteroatoms. The Morgan fingerprint density at radius 3 is 2.52 bits per heavy atom. The molecule has 0 radical (unpaired) electrons. The maximum absolute atomic E-state index is 12.9. The summed E-state index contributed by atoms with van der Waals surface area (Å²) in [6.07, 6.45) is -2.68. The van der Waals surface area contributed by atoms with Crippen molar-refractivity contribution in [3.63, 3.8) is 0 Å². The number of aliphatic carboxylic acids is 1. The number of pyridine rings is 1. The van der Waals surface area contributed by atoms with E-state index in [2.05, 4.69) is 4.98 Å². The molecule has 0 aromatic carbocycles. The lowest BCUT2D eigenvalue weighted by atomic mass is 9.97. The predicted molar refractivity (Wildman–Crippen MR) is 66.5 cm³/mol. The zero-order chi connectivity index (χ0) is 15.6. The zero-order valence-corrected chi connectivity index (χ0v) is 10.9. The van der Waals surface area contributed by atoms with Crippen molar-refractivity contribution in [3.8, 4) is 6.07 Å². The second kappa shape index (κ2) is 5.60. The van der Waals surface area contributed by atoms with Crippen LogP contribution < -0.4 is 4.90 Å². The second-order valence-electron chi connectivity index (χ2n) is 4.80. The van der Waals surface area contributed by atoms with Gasteiger partial charge in [0.05, 0.1) is 23.4 Å². The Bertz CT molecular complexity index is 587. The quantitative estimate of drug-likeness (QED) is 0.906. The molecule has 0 amide bonds. The standard InChI is InChI=1S/C13H12F3N3O2/c14-13(15,16)10-5-9(7-18-11(10)6-17)19-3-1-8(2-4-19)12(20)21/h5,7-8H,1-4H2,(H,20,21). The van der Waals surface area contributed by atoms with Gasteiger partial charge in [-0.1, -0.05) is 0 Å². The van der Waals surface area contributed by atoms with Crippen LogP contribution in [0.5, 0.6) is 0 Å². The van der Waals surface area contributed by atoms with Crippen LogP contribution in [0.3, 0.4) is 0 Å². The van der Waals surface area contributed by atoms with Gasteiger partial charge in [-0.2, -0.15) is 18.4 Å². The Kier molecular flexibility index (Phi) is 4.02. The summed E-state index contributed by atoms with van der Waals surface area (Å²) in [7, 11) is 0. The van der Waals surface area contributed by atoms with E-state index in [1.54, 1.807) is 4.90 Å². The van der Waals surface area contributed by atoms with E-state index >= 15 is 0 Å². The van der Waals surface area contributed by atoms with Gasteiger partial charge in [-0.3, -0.25) is 4.79 Å². The van der Waals surface area contributed by atoms with Crippen molar-refractivity contribution in [1.29, 1.82) is 5.26 Å². The van der Waals surface area contributed by atoms with Crippen LogP contribution in [-0.2, 0) is 11.0 Å². The van der Waals surface area contributed by atoms with Gasteiger partial charge in [0.1, 0.15) is 6.07 Å². The first-order valence-electron chi connectivity index (χ1n) is 6.28. The first-order valence-corrected chi connectivity index (χ1v) is 6.28. The Morgan fingerprint density at radius 1 is 1.43 bits per heavy atom. The molecule has 0 unspecified atom stereocenters. The van der Waals surface area contributed by atoms with Crippen LogP contribution in [0.25, 0.3) is 0 Å². The summed E-state index contributed by atoms with van der Waals surface area (Å²) in [5.41, 5.74) is -1.47. The minimum Gasteiger partial charge on any atom is -0.481 e. The van der Waals surface area contributed by atoms with Gasteiger partial charge in [-0.25, -0.2) is 4.98 Å². The maximum atomic E-state index is 12.9. The molecule has 1 saturated heterocycles. The molecular formula is C13H12F3N3O2. The van der Waals surface area contributed by atoms with Crippen LogP contribution in [0.4, 0.5) is 18.9 Å². The van der Waals surface area contributed by atoms with E-state index in [-0.39, 0.29) is 5.69 Å². The van der Waals surface area contributed by atoms with Crippen molar-refractivity contribution in [3.05, 3.63) is 23.5 Å². The highest BCUT2D eigenvalue weighted by molar-refractivity contribution is 5.70. The van der Waals surface area contributed by atoms with E-state index in [0.717, 1.165) is 6.07 Å². The molecule has 112 valence electrons. The van der Waals surface area contributed by atoms with Gasteiger partial charge in [0.15, 0.2) is 5.69 Å². The van der Waals surface area contributed by atoms with E-state index < -0.39 is 29.3 Å². The minimum atomic E-state index is -4.65. The molecule has 0 atom stereocenters. The summed E-state index contributed by atoms with van der Waals surface area (Å²) >= 11 is 0. The highest BCUT2D eigenvalue weighted by Crippen LogP contribution is 2.34. The van der Waals surface area contributed by atoms with Gasteiger partial charge in [0, 0.05) is 13.1 Å². The number of nitriles is 1. The van der Waals surface area contributed by atoms with Gasteiger partial charge in [-0.05, 0) is 18.9 Å². The number of hydrogen-bond acceptors (Lipinski definition) is 4. The van der Waals surface area contributed by atoms with E-state index in [4.69, 9.17) is 10.4 Å². The fourth-order valence-corrected chi connectivity index (χ4v) is 2.32. The van der Waals surface area contributed by atoms with Crippen molar-refractivity contribution in [2.24, 2.45) is 5.92 Å². The van der Waals surface area contributed by atoms with E-state index in [1.807, 2.05) is 0 Å². The fraction of sp³-hybridized carbons (Fsp3) is 0.462. The Morgan fingerprint density at radius 2 is 2.05 bits per heavy atom. The number of carbonyl (C=O) groups is 1. The van der Waals surface area contributed by atoms with Gasteiger partial charge in [-0.15, -0.1) is 0 Å². The van der Waals surface area contributed by atoms with Crippen LogP contribution in [0, 0.1) is 17.2 Å². The number of carboxylic acid groups (broad SMARTS) is 1. The third kappa shape index (κ3) is 3.24. The Hall–Kier alpha value is -2.30. The van der Waals surface area contributed by atoms with Crippen molar-refractivity contribution >= 4 is 11.7 Å². The van der Waals surface area contributed by atoms with Crippen molar-refractivity contribution in [1.82, 2.24) is 4.98 Å². The summed E-state index contributed by atoms with van der Waals surface area (Å²) in [4.78, 5) is 16.1. The van der Waals surface area contributed by atoms with Crippen LogP contribution in [0.1, 0.15) is 24.1 Å². The summed E-state index contributed by atoms with van der Waals surface area (Å²) in [6.45, 7) is 0.698. The molecule has 2 heterocycles. The predicted octanol–water partition coefficient (Wildman–Crippen LogP) is 2.27. The third-order valence-corrected chi connectivity index (χ3v) is 3.49. The summed E-state index contributed by atoms with van der Waals surface area (Å²) in [5, 5.41) is 17.6. The van der Waals surface area contributed by atoms with Crippen LogP contribution >= 0.6 is 0 Å². The lowest BCUT2D eigenvalue weighted by Gasteiger charge is -2.32. The van der Waals surface area contributed by atoms with Crippen LogP contribution in [0.2, 0.25) is 0 Å². The molecule has 1 N–H and O–H groups in total. The molecule has 1 aromatic rings. The van der Waals surface area contributed by atoms with E-state index in [9.17, 15) is 18.0 Å². The molecule has 5 nitrogen and oxygen atoms in total. The Balaban J connectivity index is 2.23. The molecule has 2 rings (SSSR count). The number of hydrogen-bond donors (Lipinski definition) is 1. The SMILES string of the molecule is N#Cc1ncc(N2CCC(C(=O)O)CC2)cc1C(F)(F)F. The number of alkyl halides is 3. The first-order chi connectivity index (χ1) is 9.82. The lowest BCUT2D eigenvalue weighted by molar-refractivity contribution is -0.142. The third-order valence-electron chi connectivity index (χ3n) is 3.49. The zero-order valence-electron chi connectivity index (χ0n) is 10.9. The maximum Gasteiger partial charge on any atom is 0.419 e.